The van der Waals surface area contributed by atoms with Crippen molar-refractivity contribution in [1.29, 1.82) is 0 Å². The third kappa shape index (κ3) is 5.02. The second-order valence-electron chi connectivity index (χ2n) is 4.54. The van der Waals surface area contributed by atoms with Gasteiger partial charge < -0.3 is 10.8 Å². The first-order valence-electron chi connectivity index (χ1n) is 4.89. The minimum Gasteiger partial charge on any atom is -0.480 e. The molecule has 0 amide bonds. The van der Waals surface area contributed by atoms with Gasteiger partial charge in [-0.05, 0) is 11.3 Å². The van der Waals surface area contributed by atoms with Crippen LogP contribution >= 0.6 is 11.8 Å². The molecule has 84 valence electrons. The molecule has 2 unspecified atom stereocenters. The number of thioether (sulfide) groups is 1. The van der Waals surface area contributed by atoms with Gasteiger partial charge in [-0.15, -0.1) is 0 Å². The Morgan fingerprint density at radius 2 is 2.00 bits per heavy atom. The Bertz CT molecular complexity index is 194. The van der Waals surface area contributed by atoms with E-state index in [1.807, 2.05) is 0 Å². The molecule has 0 fully saturated rings. The normalized spacial score (nSPS) is 16.4. The van der Waals surface area contributed by atoms with E-state index in [1.54, 1.807) is 11.8 Å². The molecule has 0 saturated heterocycles. The van der Waals surface area contributed by atoms with E-state index in [0.29, 0.717) is 10.6 Å². The Hall–Kier alpha value is -0.00312. The smallest absolute Gasteiger partial charge is 0.321 e. The summed E-state index contributed by atoms with van der Waals surface area (Å²) >= 11 is 1.72. The molecular formula is C9H21NO2SSi. The fourth-order valence-corrected chi connectivity index (χ4v) is 5.60. The van der Waals surface area contributed by atoms with Crippen LogP contribution in [-0.4, -0.2) is 35.8 Å². The van der Waals surface area contributed by atoms with Crippen molar-refractivity contribution in [2.75, 3.05) is 5.75 Å². The minimum atomic E-state index is -1.17. The molecular weight excluding hydrogens is 214 g/mol. The molecule has 0 aromatic heterocycles. The maximum absolute atomic E-state index is 10.5. The third-order valence-corrected chi connectivity index (χ3v) is 8.38. The van der Waals surface area contributed by atoms with Crippen molar-refractivity contribution in [2.24, 2.45) is 5.73 Å². The van der Waals surface area contributed by atoms with Gasteiger partial charge in [0.2, 0.25) is 0 Å². The lowest BCUT2D eigenvalue weighted by molar-refractivity contribution is -0.137. The number of hydrogen-bond acceptors (Lipinski definition) is 3. The molecule has 0 heterocycles. The van der Waals surface area contributed by atoms with Crippen molar-refractivity contribution < 1.29 is 9.90 Å². The summed E-state index contributed by atoms with van der Waals surface area (Å²) in [5.41, 5.74) is 5.46. The monoisotopic (exact) mass is 235 g/mol. The SMILES string of the molecule is CCC(SCC(N)C(=O)O)[Si](C)(C)C. The Morgan fingerprint density at radius 1 is 1.50 bits per heavy atom. The maximum atomic E-state index is 10.5. The van der Waals surface area contributed by atoms with Gasteiger partial charge in [0.1, 0.15) is 6.04 Å². The molecule has 0 aliphatic carbocycles. The van der Waals surface area contributed by atoms with Crippen molar-refractivity contribution in [3.63, 3.8) is 0 Å². The first kappa shape index (κ1) is 14.0. The van der Waals surface area contributed by atoms with Crippen molar-refractivity contribution in [3.8, 4) is 0 Å². The van der Waals surface area contributed by atoms with Gasteiger partial charge in [0.25, 0.3) is 0 Å². The van der Waals surface area contributed by atoms with Gasteiger partial charge in [-0.25, -0.2) is 0 Å². The molecule has 0 bridgehead atoms. The van der Waals surface area contributed by atoms with Crippen molar-refractivity contribution in [3.05, 3.63) is 0 Å². The molecule has 0 radical (unpaired) electrons. The average molecular weight is 235 g/mol. The molecule has 2 atom stereocenters. The Labute approximate surface area is 91.5 Å². The van der Waals surface area contributed by atoms with Gasteiger partial charge in [0.05, 0.1) is 8.07 Å². The maximum Gasteiger partial charge on any atom is 0.321 e. The van der Waals surface area contributed by atoms with Crippen LogP contribution in [0, 0.1) is 0 Å². The van der Waals surface area contributed by atoms with Crippen LogP contribution in [0.4, 0.5) is 0 Å². The van der Waals surface area contributed by atoms with Crippen molar-refractivity contribution in [1.82, 2.24) is 0 Å². The lowest BCUT2D eigenvalue weighted by atomic mass is 10.4. The van der Waals surface area contributed by atoms with Crippen LogP contribution in [0.3, 0.4) is 0 Å². The highest BCUT2D eigenvalue weighted by Gasteiger charge is 2.26. The summed E-state index contributed by atoms with van der Waals surface area (Å²) in [6.45, 7) is 9.07. The molecule has 3 N–H and O–H groups in total. The van der Waals surface area contributed by atoms with Crippen molar-refractivity contribution in [2.45, 2.75) is 43.9 Å². The molecule has 0 saturated carbocycles. The van der Waals surface area contributed by atoms with Gasteiger partial charge in [-0.2, -0.15) is 11.8 Å². The Kier molecular flexibility index (Phi) is 5.77. The van der Waals surface area contributed by atoms with E-state index in [1.165, 1.54) is 0 Å². The highest BCUT2D eigenvalue weighted by atomic mass is 32.2. The summed E-state index contributed by atoms with van der Waals surface area (Å²) in [7, 11) is -1.17. The number of carboxylic acid groups (broad SMARTS) is 1. The van der Waals surface area contributed by atoms with Crippen LogP contribution in [0.5, 0.6) is 0 Å². The molecule has 0 aliphatic rings. The largest absolute Gasteiger partial charge is 0.480 e. The fourth-order valence-electron chi connectivity index (χ4n) is 1.27. The first-order chi connectivity index (χ1) is 6.29. The summed E-state index contributed by atoms with van der Waals surface area (Å²) in [6, 6.07) is -0.717. The Balaban J connectivity index is 4.03. The summed E-state index contributed by atoms with van der Waals surface area (Å²) in [5.74, 6) is -0.374. The van der Waals surface area contributed by atoms with Crippen molar-refractivity contribution >= 4 is 25.8 Å². The van der Waals surface area contributed by atoms with Crippen LogP contribution < -0.4 is 5.73 Å². The highest BCUT2D eigenvalue weighted by Crippen LogP contribution is 2.25. The molecule has 14 heavy (non-hydrogen) atoms. The molecule has 0 spiro atoms. The number of rotatable bonds is 6. The summed E-state index contributed by atoms with van der Waals surface area (Å²) in [4.78, 5) is 11.1. The quantitative estimate of drug-likeness (QED) is 0.689. The number of carbonyl (C=O) groups is 1. The topological polar surface area (TPSA) is 63.3 Å². The van der Waals surface area contributed by atoms with Crippen LogP contribution in [0.2, 0.25) is 19.6 Å². The molecule has 5 heteroatoms. The lowest BCUT2D eigenvalue weighted by Gasteiger charge is -2.27. The predicted octanol–water partition coefficient (Wildman–Crippen LogP) is 1.79. The lowest BCUT2D eigenvalue weighted by Crippen LogP contribution is -2.39. The number of hydrogen-bond donors (Lipinski definition) is 2. The standard InChI is InChI=1S/C9H21NO2SSi/c1-5-8(14(2,3)4)13-6-7(10)9(11)12/h7-8H,5-6,10H2,1-4H3,(H,11,12). The van der Waals surface area contributed by atoms with Crippen LogP contribution in [0.1, 0.15) is 13.3 Å². The second kappa shape index (κ2) is 5.78. The van der Waals surface area contributed by atoms with Gasteiger partial charge in [0, 0.05) is 5.75 Å². The second-order valence-corrected chi connectivity index (χ2v) is 11.6. The molecule has 3 nitrogen and oxygen atoms in total. The molecule has 0 aliphatic heterocycles. The van der Waals surface area contributed by atoms with E-state index in [-0.39, 0.29) is 0 Å². The zero-order chi connectivity index (χ0) is 11.4. The van der Waals surface area contributed by atoms with Gasteiger partial charge in [0.15, 0.2) is 0 Å². The minimum absolute atomic E-state index is 0.526. The van der Waals surface area contributed by atoms with Gasteiger partial charge >= 0.3 is 5.97 Å². The number of carboxylic acids is 1. The third-order valence-electron chi connectivity index (χ3n) is 2.13. The summed E-state index contributed by atoms with van der Waals surface area (Å²) < 4.78 is 0. The van der Waals surface area contributed by atoms with Crippen LogP contribution in [-0.2, 0) is 4.79 Å². The summed E-state index contributed by atoms with van der Waals surface area (Å²) in [6.07, 6.45) is 1.10. The van der Waals surface area contributed by atoms with E-state index in [9.17, 15) is 4.79 Å². The molecule has 0 aromatic carbocycles. The van der Waals surface area contributed by atoms with E-state index >= 15 is 0 Å². The number of aliphatic carboxylic acids is 1. The number of nitrogens with two attached hydrogens (primary N) is 1. The van der Waals surface area contributed by atoms with Gasteiger partial charge in [-0.1, -0.05) is 26.6 Å². The van der Waals surface area contributed by atoms with E-state index in [0.717, 1.165) is 6.42 Å². The zero-order valence-corrected chi connectivity index (χ0v) is 11.2. The highest BCUT2D eigenvalue weighted by molar-refractivity contribution is 8.01. The first-order valence-corrected chi connectivity index (χ1v) is 9.51. The molecule has 0 rings (SSSR count). The van der Waals surface area contributed by atoms with Gasteiger partial charge in [-0.3, -0.25) is 4.79 Å². The molecule has 0 aromatic rings. The van der Waals surface area contributed by atoms with E-state index < -0.39 is 20.1 Å². The van der Waals surface area contributed by atoms with E-state index in [4.69, 9.17) is 10.8 Å². The average Bonchev–Trinajstić information content (AvgIpc) is 2.02. The van der Waals surface area contributed by atoms with E-state index in [2.05, 4.69) is 26.6 Å². The zero-order valence-electron chi connectivity index (χ0n) is 9.41. The fraction of sp³-hybridized carbons (Fsp3) is 0.889. The Morgan fingerprint density at radius 3 is 2.29 bits per heavy atom. The van der Waals surface area contributed by atoms with Crippen LogP contribution in [0.15, 0.2) is 0 Å². The summed E-state index contributed by atoms with van der Waals surface area (Å²) in [5, 5.41) is 8.64. The van der Waals surface area contributed by atoms with Crippen LogP contribution in [0.25, 0.3) is 0 Å². The predicted molar refractivity (Wildman–Crippen MR) is 65.5 cm³/mol.